The largest absolute Gasteiger partial charge is 0.493 e. The van der Waals surface area contributed by atoms with Crippen LogP contribution in [0.5, 0.6) is 23.0 Å². The number of nitrogens with zero attached hydrogens (tertiary/aromatic N) is 4. The normalized spacial score (nSPS) is 14.2. The van der Waals surface area contributed by atoms with Gasteiger partial charge in [-0.3, -0.25) is 21.7 Å². The van der Waals surface area contributed by atoms with Crippen LogP contribution in [0.4, 0.5) is 0 Å². The van der Waals surface area contributed by atoms with Crippen LogP contribution in [0.15, 0.2) is 46.6 Å². The summed E-state index contributed by atoms with van der Waals surface area (Å²) in [4.78, 5) is 0. The van der Waals surface area contributed by atoms with Crippen molar-refractivity contribution in [3.63, 3.8) is 0 Å². The summed E-state index contributed by atoms with van der Waals surface area (Å²) < 4.78 is 21.1. The fourth-order valence-electron chi connectivity index (χ4n) is 3.46. The molecule has 12 nitrogen and oxygen atoms in total. The maximum atomic E-state index is 5.34. The van der Waals surface area contributed by atoms with Crippen molar-refractivity contribution in [2.45, 2.75) is 0 Å². The number of hydrazone groups is 2. The van der Waals surface area contributed by atoms with Gasteiger partial charge in [-0.1, -0.05) is 0 Å². The molecule has 1 aliphatic rings. The molecular weight excluding hydrogens is 528 g/mol. The fraction of sp³-hybridized carbons (Fsp3) is 0.333. The summed E-state index contributed by atoms with van der Waals surface area (Å²) in [5.74, 6) is 2.57. The SMILES string of the molecule is COc1ccc(C=NNC(=S)NN2CCN(NC(=S)N/N=C\c3ccc(OC)c(OC)c3)CC2)cc1OC. The van der Waals surface area contributed by atoms with Crippen LogP contribution in [0, 0.1) is 0 Å². The van der Waals surface area contributed by atoms with Crippen LogP contribution in [0.1, 0.15) is 11.1 Å². The molecule has 0 radical (unpaired) electrons. The van der Waals surface area contributed by atoms with Crippen LogP contribution in [-0.2, 0) is 0 Å². The average molecular weight is 561 g/mol. The van der Waals surface area contributed by atoms with Crippen LogP contribution < -0.4 is 40.7 Å². The molecule has 204 valence electrons. The predicted molar refractivity (Wildman–Crippen MR) is 155 cm³/mol. The highest BCUT2D eigenvalue weighted by atomic mass is 32.1. The Morgan fingerprint density at radius 2 is 1.03 bits per heavy atom. The Bertz CT molecular complexity index is 1070. The lowest BCUT2D eigenvalue weighted by Crippen LogP contribution is -2.59. The number of ether oxygens (including phenoxy) is 4. The van der Waals surface area contributed by atoms with E-state index in [1.807, 2.05) is 46.4 Å². The molecule has 0 spiro atoms. The lowest BCUT2D eigenvalue weighted by Gasteiger charge is -2.35. The van der Waals surface area contributed by atoms with E-state index in [9.17, 15) is 0 Å². The Balaban J connectivity index is 1.36. The molecule has 1 saturated heterocycles. The molecule has 1 aliphatic heterocycles. The first-order chi connectivity index (χ1) is 18.4. The molecule has 0 aromatic heterocycles. The van der Waals surface area contributed by atoms with Gasteiger partial charge in [-0.2, -0.15) is 10.2 Å². The van der Waals surface area contributed by atoms with Crippen LogP contribution in [0.2, 0.25) is 0 Å². The topological polar surface area (TPSA) is 116 Å². The molecule has 4 N–H and O–H groups in total. The summed E-state index contributed by atoms with van der Waals surface area (Å²) in [5.41, 5.74) is 13.6. The van der Waals surface area contributed by atoms with Crippen molar-refractivity contribution in [1.29, 1.82) is 0 Å². The lowest BCUT2D eigenvalue weighted by molar-refractivity contribution is 0.0936. The van der Waals surface area contributed by atoms with Gasteiger partial charge >= 0.3 is 0 Å². The van der Waals surface area contributed by atoms with Gasteiger partial charge in [0.15, 0.2) is 23.0 Å². The Morgan fingerprint density at radius 3 is 1.37 bits per heavy atom. The van der Waals surface area contributed by atoms with E-state index in [0.29, 0.717) is 59.4 Å². The van der Waals surface area contributed by atoms with Gasteiger partial charge in [0.2, 0.25) is 10.2 Å². The molecule has 0 bridgehead atoms. The maximum absolute atomic E-state index is 5.34. The minimum Gasteiger partial charge on any atom is -0.493 e. The Morgan fingerprint density at radius 1 is 0.658 bits per heavy atom. The van der Waals surface area contributed by atoms with E-state index in [1.165, 1.54) is 0 Å². The molecule has 0 atom stereocenters. The molecule has 14 heteroatoms. The molecule has 0 aliphatic carbocycles. The van der Waals surface area contributed by atoms with Gasteiger partial charge in [-0.05, 0) is 72.0 Å². The third-order valence-corrected chi connectivity index (χ3v) is 5.74. The van der Waals surface area contributed by atoms with Crippen molar-refractivity contribution in [2.24, 2.45) is 10.2 Å². The number of hydrogen-bond acceptors (Lipinski definition) is 10. The van der Waals surface area contributed by atoms with E-state index in [2.05, 4.69) is 31.9 Å². The Hall–Kier alpha value is -3.72. The van der Waals surface area contributed by atoms with E-state index >= 15 is 0 Å². The van der Waals surface area contributed by atoms with Crippen molar-refractivity contribution in [3.8, 4) is 23.0 Å². The maximum Gasteiger partial charge on any atom is 0.201 e. The van der Waals surface area contributed by atoms with Crippen LogP contribution >= 0.6 is 24.4 Å². The van der Waals surface area contributed by atoms with Crippen molar-refractivity contribution in [2.75, 3.05) is 54.6 Å². The average Bonchev–Trinajstić information content (AvgIpc) is 2.93. The molecular formula is C24H32N8O4S2. The Labute approximate surface area is 232 Å². The van der Waals surface area contributed by atoms with Crippen molar-refractivity contribution in [3.05, 3.63) is 47.5 Å². The molecule has 0 saturated carbocycles. The monoisotopic (exact) mass is 560 g/mol. The molecule has 3 rings (SSSR count). The standard InChI is InChI=1S/C24H32N8O4S2/c1-33-19-7-5-17(13-21(19)35-3)15-25-27-23(37)29-31-9-11-32(12-10-31)30-24(38)28-26-16-18-6-8-20(34-2)22(14-18)36-4/h5-8,13-16H,9-12H2,1-4H3,(H2,27,29,37)(H2,28,30,38)/b25-15-,26-16?. The summed E-state index contributed by atoms with van der Waals surface area (Å²) in [6.45, 7) is 2.86. The summed E-state index contributed by atoms with van der Waals surface area (Å²) in [7, 11) is 6.36. The van der Waals surface area contributed by atoms with Crippen LogP contribution in [0.3, 0.4) is 0 Å². The summed E-state index contributed by atoms with van der Waals surface area (Å²) in [5, 5.41) is 13.2. The minimum absolute atomic E-state index is 0.393. The number of benzene rings is 2. The van der Waals surface area contributed by atoms with Crippen LogP contribution in [-0.4, -0.2) is 87.3 Å². The molecule has 2 aromatic carbocycles. The highest BCUT2D eigenvalue weighted by Crippen LogP contribution is 2.27. The molecule has 2 aromatic rings. The summed E-state index contributed by atoms with van der Waals surface area (Å²) in [6.07, 6.45) is 3.30. The quantitative estimate of drug-likeness (QED) is 0.192. The highest BCUT2D eigenvalue weighted by molar-refractivity contribution is 7.80. The third-order valence-electron chi connectivity index (χ3n) is 5.37. The second-order valence-corrected chi connectivity index (χ2v) is 8.64. The van der Waals surface area contributed by atoms with E-state index in [1.54, 1.807) is 40.9 Å². The van der Waals surface area contributed by atoms with Gasteiger partial charge < -0.3 is 18.9 Å². The zero-order valence-electron chi connectivity index (χ0n) is 21.7. The first-order valence-electron chi connectivity index (χ1n) is 11.6. The molecule has 1 fully saturated rings. The van der Waals surface area contributed by atoms with E-state index in [0.717, 1.165) is 11.1 Å². The molecule has 1 heterocycles. The van der Waals surface area contributed by atoms with Gasteiger partial charge in [0.1, 0.15) is 0 Å². The van der Waals surface area contributed by atoms with Gasteiger partial charge in [0.05, 0.1) is 40.9 Å². The second-order valence-electron chi connectivity index (χ2n) is 7.82. The number of hydrogen-bond donors (Lipinski definition) is 4. The number of nitrogens with one attached hydrogen (secondary N) is 4. The van der Waals surface area contributed by atoms with Gasteiger partial charge in [0, 0.05) is 26.2 Å². The molecule has 0 amide bonds. The number of thiocarbonyl (C=S) groups is 2. The lowest BCUT2D eigenvalue weighted by atomic mass is 10.2. The number of methoxy groups -OCH3 is 4. The van der Waals surface area contributed by atoms with Gasteiger partial charge in [-0.15, -0.1) is 0 Å². The summed E-state index contributed by atoms with van der Waals surface area (Å²) >= 11 is 10.7. The van der Waals surface area contributed by atoms with Gasteiger partial charge in [0.25, 0.3) is 0 Å². The predicted octanol–water partition coefficient (Wildman–Crippen LogP) is 1.46. The van der Waals surface area contributed by atoms with Crippen LogP contribution in [0.25, 0.3) is 0 Å². The smallest absolute Gasteiger partial charge is 0.201 e. The first kappa shape index (κ1) is 28.8. The van der Waals surface area contributed by atoms with Crippen molar-refractivity contribution < 1.29 is 18.9 Å². The van der Waals surface area contributed by atoms with Crippen molar-refractivity contribution in [1.82, 2.24) is 31.7 Å². The Kier molecular flexibility index (Phi) is 11.3. The van der Waals surface area contributed by atoms with Crippen molar-refractivity contribution >= 4 is 47.1 Å². The zero-order chi connectivity index (χ0) is 27.3. The molecule has 0 unspecified atom stereocenters. The highest BCUT2D eigenvalue weighted by Gasteiger charge is 2.18. The second kappa shape index (κ2) is 14.9. The molecule has 38 heavy (non-hydrogen) atoms. The first-order valence-corrected chi connectivity index (χ1v) is 12.4. The number of piperazine rings is 1. The zero-order valence-corrected chi connectivity index (χ0v) is 23.3. The number of rotatable bonds is 10. The fourth-order valence-corrected chi connectivity index (χ4v) is 3.83. The number of hydrazine groups is 2. The van der Waals surface area contributed by atoms with E-state index in [4.69, 9.17) is 43.4 Å². The van der Waals surface area contributed by atoms with Gasteiger partial charge in [-0.25, -0.2) is 10.0 Å². The third kappa shape index (κ3) is 8.69. The van der Waals surface area contributed by atoms with E-state index in [-0.39, 0.29) is 0 Å². The van der Waals surface area contributed by atoms with E-state index < -0.39 is 0 Å². The minimum atomic E-state index is 0.393. The summed E-state index contributed by atoms with van der Waals surface area (Å²) in [6, 6.07) is 11.0.